The molecule has 0 spiro atoms. The zero-order valence-corrected chi connectivity index (χ0v) is 21.7. The molecule has 2 aromatic rings. The fraction of sp³-hybridized carbons (Fsp3) is 0.500. The molecule has 0 N–H and O–H groups in total. The van der Waals surface area contributed by atoms with Crippen molar-refractivity contribution in [2.75, 3.05) is 34.7 Å². The molecule has 0 aromatic heterocycles. The summed E-state index contributed by atoms with van der Waals surface area (Å²) in [4.78, 5) is 20.1. The largest absolute Gasteiger partial charge is 0.493 e. The topological polar surface area (TPSA) is 84.8 Å². The Morgan fingerprint density at radius 2 is 1.64 bits per heavy atom. The number of carbonyl (C=O) groups is 1. The normalized spacial score (nSPS) is 21.7. The smallest absolute Gasteiger partial charge is 0.231 e. The van der Waals surface area contributed by atoms with E-state index >= 15 is 0 Å². The van der Waals surface area contributed by atoms with Gasteiger partial charge in [0.05, 0.1) is 33.0 Å². The minimum atomic E-state index is -0.481. The van der Waals surface area contributed by atoms with Crippen LogP contribution in [0, 0.1) is 17.3 Å². The quantitative estimate of drug-likeness (QED) is 0.512. The summed E-state index contributed by atoms with van der Waals surface area (Å²) >= 11 is 0. The highest BCUT2D eigenvalue weighted by Gasteiger charge is 2.52. The standard InChI is InChI=1S/C28H33NO7/c1-7-28(3,8-2)27(30)24-18-13-36-29-25(18)17-12-20-19(34-14-35-20)11-16(17)23(24)15-9-21(31-4)26(33-6)22(10-15)32-5/h9-12,18,23-24H,7-8,13-14H2,1-6H3/t18-,23+,24-/m0/s1. The average Bonchev–Trinajstić information content (AvgIpc) is 3.58. The van der Waals surface area contributed by atoms with E-state index < -0.39 is 11.3 Å². The third-order valence-electron chi connectivity index (χ3n) is 8.22. The van der Waals surface area contributed by atoms with Crippen LogP contribution in [0.5, 0.6) is 28.7 Å². The lowest BCUT2D eigenvalue weighted by atomic mass is 9.60. The lowest BCUT2D eigenvalue weighted by Gasteiger charge is -2.41. The molecule has 8 nitrogen and oxygen atoms in total. The maximum absolute atomic E-state index is 14.4. The number of nitrogens with zero attached hydrogens (tertiary/aromatic N) is 1. The van der Waals surface area contributed by atoms with Crippen LogP contribution in [0.3, 0.4) is 0 Å². The van der Waals surface area contributed by atoms with E-state index in [1.807, 2.05) is 24.3 Å². The number of benzene rings is 2. The van der Waals surface area contributed by atoms with Crippen molar-refractivity contribution in [1.82, 2.24) is 0 Å². The number of methoxy groups -OCH3 is 3. The van der Waals surface area contributed by atoms with E-state index in [1.54, 1.807) is 21.3 Å². The summed E-state index contributed by atoms with van der Waals surface area (Å²) in [5.41, 5.74) is 3.06. The van der Waals surface area contributed by atoms with E-state index in [2.05, 4.69) is 25.9 Å². The molecule has 0 fully saturated rings. The van der Waals surface area contributed by atoms with Gasteiger partial charge in [0.1, 0.15) is 12.4 Å². The highest BCUT2D eigenvalue weighted by Crippen LogP contribution is 2.53. The molecule has 0 unspecified atom stereocenters. The zero-order chi connectivity index (χ0) is 25.6. The van der Waals surface area contributed by atoms with Crippen molar-refractivity contribution in [3.8, 4) is 28.7 Å². The third kappa shape index (κ3) is 3.57. The summed E-state index contributed by atoms with van der Waals surface area (Å²) in [5.74, 6) is 2.22. The highest BCUT2D eigenvalue weighted by molar-refractivity contribution is 6.09. The Morgan fingerprint density at radius 1 is 1.00 bits per heavy atom. The number of hydrogen-bond donors (Lipinski definition) is 0. The first kappa shape index (κ1) is 24.3. The van der Waals surface area contributed by atoms with Crippen LogP contribution in [0.4, 0.5) is 0 Å². The molecule has 3 aliphatic rings. The van der Waals surface area contributed by atoms with Crippen LogP contribution in [0.15, 0.2) is 29.4 Å². The van der Waals surface area contributed by atoms with Gasteiger partial charge in [0.25, 0.3) is 0 Å². The fourth-order valence-electron chi connectivity index (χ4n) is 5.72. The molecule has 2 heterocycles. The molecule has 8 heteroatoms. The lowest BCUT2D eigenvalue weighted by Crippen LogP contribution is -2.45. The summed E-state index contributed by atoms with van der Waals surface area (Å²) < 4.78 is 28.4. The fourth-order valence-corrected chi connectivity index (χ4v) is 5.72. The van der Waals surface area contributed by atoms with Gasteiger partial charge in [-0.2, -0.15) is 0 Å². The Morgan fingerprint density at radius 3 is 2.22 bits per heavy atom. The number of ketones is 1. The molecule has 0 radical (unpaired) electrons. The zero-order valence-electron chi connectivity index (χ0n) is 21.7. The van der Waals surface area contributed by atoms with Crippen LogP contribution in [0.25, 0.3) is 0 Å². The van der Waals surface area contributed by atoms with Crippen LogP contribution in [0.2, 0.25) is 0 Å². The third-order valence-corrected chi connectivity index (χ3v) is 8.22. The van der Waals surface area contributed by atoms with Gasteiger partial charge in [0.15, 0.2) is 23.0 Å². The summed E-state index contributed by atoms with van der Waals surface area (Å²) in [6.45, 7) is 6.72. The Hall–Kier alpha value is -3.42. The summed E-state index contributed by atoms with van der Waals surface area (Å²) in [6.07, 6.45) is 1.49. The Kier molecular flexibility index (Phi) is 6.22. The van der Waals surface area contributed by atoms with Gasteiger partial charge in [-0.15, -0.1) is 0 Å². The van der Waals surface area contributed by atoms with Gasteiger partial charge >= 0.3 is 0 Å². The molecule has 0 bridgehead atoms. The van der Waals surface area contributed by atoms with Gasteiger partial charge in [0.2, 0.25) is 12.5 Å². The van der Waals surface area contributed by atoms with E-state index in [1.165, 1.54) is 0 Å². The van der Waals surface area contributed by atoms with Crippen molar-refractivity contribution >= 4 is 11.5 Å². The van der Waals surface area contributed by atoms with Crippen molar-refractivity contribution in [2.45, 2.75) is 39.5 Å². The SMILES string of the molecule is CCC(C)(CC)C(=O)[C@@H]1[C@H](c2cc(OC)c(OC)c(OC)c2)c2cc3c(cc2C2=NOC[C@H]21)OCO3. The van der Waals surface area contributed by atoms with Crippen LogP contribution in [-0.4, -0.2) is 46.2 Å². The molecule has 5 rings (SSSR count). The van der Waals surface area contributed by atoms with Crippen molar-refractivity contribution in [3.63, 3.8) is 0 Å². The molecule has 2 aromatic carbocycles. The summed E-state index contributed by atoms with van der Waals surface area (Å²) in [6, 6.07) is 7.82. The van der Waals surface area contributed by atoms with E-state index in [-0.39, 0.29) is 24.4 Å². The number of ether oxygens (including phenoxy) is 5. The summed E-state index contributed by atoms with van der Waals surface area (Å²) in [5, 5.41) is 4.41. The number of hydrogen-bond acceptors (Lipinski definition) is 8. The average molecular weight is 496 g/mol. The molecule has 2 aliphatic heterocycles. The van der Waals surface area contributed by atoms with Crippen LogP contribution < -0.4 is 23.7 Å². The lowest BCUT2D eigenvalue weighted by molar-refractivity contribution is -0.134. The van der Waals surface area contributed by atoms with Crippen molar-refractivity contribution in [2.24, 2.45) is 22.4 Å². The van der Waals surface area contributed by atoms with Crippen molar-refractivity contribution < 1.29 is 33.3 Å². The first-order chi connectivity index (χ1) is 17.4. The highest BCUT2D eigenvalue weighted by atomic mass is 16.7. The molecule has 0 amide bonds. The number of rotatable bonds is 8. The first-order valence-corrected chi connectivity index (χ1v) is 12.4. The number of oxime groups is 1. The second-order valence-corrected chi connectivity index (χ2v) is 9.77. The van der Waals surface area contributed by atoms with Gasteiger partial charge in [0, 0.05) is 22.8 Å². The molecule has 36 heavy (non-hydrogen) atoms. The molecule has 0 saturated carbocycles. The molecule has 1 aliphatic carbocycles. The Labute approximate surface area is 211 Å². The van der Waals surface area contributed by atoms with E-state index in [0.29, 0.717) is 35.4 Å². The molecule has 0 saturated heterocycles. The van der Waals surface area contributed by atoms with Crippen LogP contribution in [0.1, 0.15) is 56.2 Å². The Bertz CT molecular complexity index is 1190. The van der Waals surface area contributed by atoms with Gasteiger partial charge in [-0.05, 0) is 48.2 Å². The van der Waals surface area contributed by atoms with E-state index in [9.17, 15) is 4.79 Å². The molecular weight excluding hydrogens is 462 g/mol. The minimum Gasteiger partial charge on any atom is -0.493 e. The van der Waals surface area contributed by atoms with Crippen molar-refractivity contribution in [1.29, 1.82) is 0 Å². The second kappa shape index (κ2) is 9.22. The molecular formula is C28H33NO7. The first-order valence-electron chi connectivity index (χ1n) is 12.4. The predicted octanol–water partition coefficient (Wildman–Crippen LogP) is 4.95. The molecule has 3 atom stereocenters. The maximum atomic E-state index is 14.4. The second-order valence-electron chi connectivity index (χ2n) is 9.77. The number of fused-ring (bicyclic) bond motifs is 4. The van der Waals surface area contributed by atoms with Gasteiger partial charge < -0.3 is 28.5 Å². The number of carbonyl (C=O) groups excluding carboxylic acids is 1. The van der Waals surface area contributed by atoms with E-state index in [0.717, 1.165) is 35.2 Å². The predicted molar refractivity (Wildman–Crippen MR) is 134 cm³/mol. The number of Topliss-reactive ketones (excluding diaryl/α,β-unsaturated/α-hetero) is 1. The van der Waals surface area contributed by atoms with Gasteiger partial charge in [-0.25, -0.2) is 0 Å². The van der Waals surface area contributed by atoms with Crippen LogP contribution in [-0.2, 0) is 9.63 Å². The van der Waals surface area contributed by atoms with E-state index in [4.69, 9.17) is 28.5 Å². The van der Waals surface area contributed by atoms with Crippen LogP contribution >= 0.6 is 0 Å². The monoisotopic (exact) mass is 495 g/mol. The Balaban J connectivity index is 1.79. The maximum Gasteiger partial charge on any atom is 0.231 e. The summed E-state index contributed by atoms with van der Waals surface area (Å²) in [7, 11) is 4.77. The minimum absolute atomic E-state index is 0.158. The van der Waals surface area contributed by atoms with Gasteiger partial charge in [-0.1, -0.05) is 25.9 Å². The van der Waals surface area contributed by atoms with Gasteiger partial charge in [-0.3, -0.25) is 4.79 Å². The van der Waals surface area contributed by atoms with Crippen molar-refractivity contribution in [3.05, 3.63) is 41.0 Å². The molecule has 192 valence electrons.